The van der Waals surface area contributed by atoms with E-state index in [-0.39, 0.29) is 5.28 Å². The fraction of sp³-hybridized carbons (Fsp3) is 0.522. The van der Waals surface area contributed by atoms with Crippen molar-refractivity contribution >= 4 is 28.6 Å². The molecule has 0 spiro atoms. The second-order valence-corrected chi connectivity index (χ2v) is 9.00. The van der Waals surface area contributed by atoms with Crippen molar-refractivity contribution < 1.29 is 4.74 Å². The van der Waals surface area contributed by atoms with Crippen molar-refractivity contribution in [1.82, 2.24) is 24.5 Å². The van der Waals surface area contributed by atoms with Crippen LogP contribution in [-0.2, 0) is 6.42 Å². The molecule has 1 aromatic carbocycles. The van der Waals surface area contributed by atoms with Gasteiger partial charge in [-0.05, 0) is 61.3 Å². The number of anilines is 1. The first-order valence-corrected chi connectivity index (χ1v) is 11.6. The van der Waals surface area contributed by atoms with Crippen molar-refractivity contribution in [3.05, 3.63) is 41.4 Å². The van der Waals surface area contributed by atoms with Crippen LogP contribution >= 0.6 is 11.6 Å². The van der Waals surface area contributed by atoms with E-state index in [4.69, 9.17) is 16.3 Å². The first-order chi connectivity index (χ1) is 15.2. The van der Waals surface area contributed by atoms with Gasteiger partial charge in [-0.25, -0.2) is 9.99 Å². The summed E-state index contributed by atoms with van der Waals surface area (Å²) in [6, 6.07) is 8.79. The Morgan fingerprint density at radius 3 is 2.65 bits per heavy atom. The molecule has 2 aliphatic rings. The number of imidazole rings is 1. The lowest BCUT2D eigenvalue weighted by atomic mass is 9.90. The summed E-state index contributed by atoms with van der Waals surface area (Å²) in [5.74, 6) is 2.33. The number of rotatable bonds is 6. The van der Waals surface area contributed by atoms with E-state index in [0.29, 0.717) is 17.8 Å². The van der Waals surface area contributed by atoms with E-state index < -0.39 is 0 Å². The molecule has 164 valence electrons. The molecule has 0 atom stereocenters. The highest BCUT2D eigenvalue weighted by Gasteiger charge is 2.24. The minimum Gasteiger partial charge on any atom is -0.496 e. The van der Waals surface area contributed by atoms with Crippen molar-refractivity contribution in [3.63, 3.8) is 0 Å². The lowest BCUT2D eigenvalue weighted by Crippen LogP contribution is -2.38. The van der Waals surface area contributed by atoms with Gasteiger partial charge in [0.2, 0.25) is 5.28 Å². The number of nitrogens with zero attached hydrogens (tertiary/aromatic N) is 5. The number of ether oxygens (including phenoxy) is 1. The minimum absolute atomic E-state index is 0.265. The number of fused-ring (bicyclic) bond motifs is 1. The molecule has 0 amide bonds. The zero-order chi connectivity index (χ0) is 21.2. The van der Waals surface area contributed by atoms with Crippen molar-refractivity contribution in [1.29, 1.82) is 0 Å². The third-order valence-electron chi connectivity index (χ3n) is 6.69. The standard InChI is InChI=1S/C23H29ClN6O/c1-31-19-9-5-2-6-17(19)14-16-10-12-29(13-11-16)28-21-20-22(27-23(24)26-21)30(15-25-20)18-7-3-4-8-18/h2,5-6,9,15-16,18H,3-4,7-8,10-14H2,1H3,(H,26,27,28). The van der Waals surface area contributed by atoms with Crippen LogP contribution in [0.2, 0.25) is 5.28 Å². The third-order valence-corrected chi connectivity index (χ3v) is 6.86. The number of benzene rings is 1. The van der Waals surface area contributed by atoms with Crippen molar-refractivity contribution in [2.45, 2.75) is 51.0 Å². The molecule has 5 rings (SSSR count). The number of aromatic nitrogens is 4. The van der Waals surface area contributed by atoms with Gasteiger partial charge in [0.05, 0.1) is 13.4 Å². The summed E-state index contributed by atoms with van der Waals surface area (Å²) in [6.07, 6.45) is 10.1. The van der Waals surface area contributed by atoms with Crippen LogP contribution in [0.4, 0.5) is 5.82 Å². The van der Waals surface area contributed by atoms with Gasteiger partial charge in [0.25, 0.3) is 0 Å². The lowest BCUT2D eigenvalue weighted by Gasteiger charge is -2.32. The molecule has 1 aliphatic heterocycles. The van der Waals surface area contributed by atoms with Crippen LogP contribution in [-0.4, -0.2) is 44.7 Å². The molecular weight excluding hydrogens is 412 g/mol. The maximum absolute atomic E-state index is 6.29. The maximum atomic E-state index is 6.29. The summed E-state index contributed by atoms with van der Waals surface area (Å²) in [6.45, 7) is 1.90. The molecule has 0 unspecified atom stereocenters. The molecule has 31 heavy (non-hydrogen) atoms. The number of para-hydroxylation sites is 1. The van der Waals surface area contributed by atoms with Gasteiger partial charge < -0.3 is 14.7 Å². The van der Waals surface area contributed by atoms with Crippen molar-refractivity contribution in [2.75, 3.05) is 25.6 Å². The van der Waals surface area contributed by atoms with Crippen LogP contribution in [0.15, 0.2) is 30.6 Å². The van der Waals surface area contributed by atoms with Crippen molar-refractivity contribution in [2.24, 2.45) is 5.92 Å². The number of nitrogens with one attached hydrogen (secondary N) is 1. The molecule has 7 nitrogen and oxygen atoms in total. The summed E-state index contributed by atoms with van der Waals surface area (Å²) < 4.78 is 7.70. The molecule has 1 N–H and O–H groups in total. The Balaban J connectivity index is 1.26. The molecular formula is C23H29ClN6O. The van der Waals surface area contributed by atoms with E-state index in [0.717, 1.165) is 49.3 Å². The van der Waals surface area contributed by atoms with Gasteiger partial charge in [0.15, 0.2) is 17.0 Å². The van der Waals surface area contributed by atoms with Crippen molar-refractivity contribution in [3.8, 4) is 5.75 Å². The molecule has 2 fully saturated rings. The van der Waals surface area contributed by atoms with Crippen LogP contribution in [0.5, 0.6) is 5.75 Å². The summed E-state index contributed by atoms with van der Waals surface area (Å²) in [4.78, 5) is 13.6. The number of piperidine rings is 1. The van der Waals surface area contributed by atoms with E-state index in [1.165, 1.54) is 31.2 Å². The molecule has 0 bridgehead atoms. The van der Waals surface area contributed by atoms with E-state index in [1.54, 1.807) is 7.11 Å². The van der Waals surface area contributed by atoms with Gasteiger partial charge >= 0.3 is 0 Å². The summed E-state index contributed by atoms with van der Waals surface area (Å²) in [7, 11) is 1.74. The normalized spacial score (nSPS) is 18.6. The predicted octanol–water partition coefficient (Wildman–Crippen LogP) is 4.89. The van der Waals surface area contributed by atoms with Crippen LogP contribution in [0, 0.1) is 5.92 Å². The Hall–Kier alpha value is -2.38. The second kappa shape index (κ2) is 9.01. The number of halogens is 1. The zero-order valence-corrected chi connectivity index (χ0v) is 18.7. The Morgan fingerprint density at radius 1 is 1.10 bits per heavy atom. The maximum Gasteiger partial charge on any atom is 0.226 e. The largest absolute Gasteiger partial charge is 0.496 e. The molecule has 1 saturated carbocycles. The van der Waals surface area contributed by atoms with Gasteiger partial charge in [-0.1, -0.05) is 31.0 Å². The Bertz CT molecular complexity index is 1040. The Labute approximate surface area is 187 Å². The van der Waals surface area contributed by atoms with Gasteiger partial charge in [0.1, 0.15) is 5.75 Å². The topological polar surface area (TPSA) is 68.1 Å². The average molecular weight is 441 g/mol. The number of hydrazine groups is 1. The van der Waals surface area contributed by atoms with Gasteiger partial charge in [-0.2, -0.15) is 9.97 Å². The quantitative estimate of drug-likeness (QED) is 0.550. The average Bonchev–Trinajstić information content (AvgIpc) is 3.45. The SMILES string of the molecule is COc1ccccc1CC1CCN(Nc2nc(Cl)nc3c2ncn3C2CCCC2)CC1. The molecule has 3 heterocycles. The minimum atomic E-state index is 0.265. The fourth-order valence-corrected chi connectivity index (χ4v) is 5.16. The molecule has 1 aliphatic carbocycles. The molecule has 1 saturated heterocycles. The molecule has 3 aromatic rings. The first-order valence-electron chi connectivity index (χ1n) is 11.2. The highest BCUT2D eigenvalue weighted by molar-refractivity contribution is 6.28. The van der Waals surface area contributed by atoms with E-state index >= 15 is 0 Å². The van der Waals surface area contributed by atoms with Crippen LogP contribution in [0.25, 0.3) is 11.2 Å². The Kier molecular flexibility index (Phi) is 5.96. The molecule has 8 heteroatoms. The van der Waals surface area contributed by atoms with Crippen LogP contribution in [0.1, 0.15) is 50.1 Å². The fourth-order valence-electron chi connectivity index (χ4n) is 5.00. The van der Waals surface area contributed by atoms with E-state index in [2.05, 4.69) is 42.1 Å². The lowest BCUT2D eigenvalue weighted by molar-refractivity contribution is 0.215. The van der Waals surface area contributed by atoms with E-state index in [1.807, 2.05) is 18.5 Å². The smallest absolute Gasteiger partial charge is 0.226 e. The highest BCUT2D eigenvalue weighted by atomic mass is 35.5. The van der Waals surface area contributed by atoms with Gasteiger partial charge in [-0.15, -0.1) is 0 Å². The second-order valence-electron chi connectivity index (χ2n) is 8.66. The van der Waals surface area contributed by atoms with Crippen LogP contribution in [0.3, 0.4) is 0 Å². The summed E-state index contributed by atoms with van der Waals surface area (Å²) >= 11 is 6.29. The number of hydrogen-bond acceptors (Lipinski definition) is 6. The monoisotopic (exact) mass is 440 g/mol. The molecule has 0 radical (unpaired) electrons. The first kappa shape index (κ1) is 20.5. The van der Waals surface area contributed by atoms with E-state index in [9.17, 15) is 0 Å². The highest BCUT2D eigenvalue weighted by Crippen LogP contribution is 2.33. The number of hydrogen-bond donors (Lipinski definition) is 1. The van der Waals surface area contributed by atoms with Gasteiger partial charge in [-0.3, -0.25) is 0 Å². The summed E-state index contributed by atoms with van der Waals surface area (Å²) in [5.41, 5.74) is 6.40. The molecule has 2 aromatic heterocycles. The predicted molar refractivity (Wildman–Crippen MR) is 122 cm³/mol. The Morgan fingerprint density at radius 2 is 1.87 bits per heavy atom. The third kappa shape index (κ3) is 4.34. The zero-order valence-electron chi connectivity index (χ0n) is 17.9. The van der Waals surface area contributed by atoms with Gasteiger partial charge in [0, 0.05) is 19.1 Å². The van der Waals surface area contributed by atoms with Crippen LogP contribution < -0.4 is 10.2 Å². The summed E-state index contributed by atoms with van der Waals surface area (Å²) in [5, 5.41) is 2.49. The number of methoxy groups -OCH3 is 1.